The van der Waals surface area contributed by atoms with E-state index in [-0.39, 0.29) is 40.1 Å². The summed E-state index contributed by atoms with van der Waals surface area (Å²) in [5, 5.41) is 11.6. The van der Waals surface area contributed by atoms with E-state index in [0.29, 0.717) is 25.4 Å². The maximum absolute atomic E-state index is 12.7. The summed E-state index contributed by atoms with van der Waals surface area (Å²) in [6, 6.07) is 3.19. The summed E-state index contributed by atoms with van der Waals surface area (Å²) in [4.78, 5) is 12.7. The van der Waals surface area contributed by atoms with E-state index in [1.165, 1.54) is 0 Å². The summed E-state index contributed by atoms with van der Waals surface area (Å²) in [6.07, 6.45) is 5.85. The van der Waals surface area contributed by atoms with Gasteiger partial charge in [0.1, 0.15) is 0 Å². The molecular weight excluding hydrogens is 685 g/mol. The van der Waals surface area contributed by atoms with Gasteiger partial charge in [-0.25, -0.2) is 0 Å². The topological polar surface area (TPSA) is 74.2 Å². The Kier molecular flexibility index (Phi) is 21.0. The van der Waals surface area contributed by atoms with Gasteiger partial charge in [-0.05, 0) is 125 Å². The second-order valence-corrected chi connectivity index (χ2v) is 34.3. The lowest BCUT2D eigenvalue weighted by Crippen LogP contribution is -2.51. The van der Waals surface area contributed by atoms with E-state index in [0.717, 1.165) is 49.6 Å². The molecule has 0 fully saturated rings. The smallest absolute Gasteiger partial charge is 0.311 e. The Morgan fingerprint density at radius 3 is 1.69 bits per heavy atom. The quantitative estimate of drug-likeness (QED) is 0.0633. The summed E-state index contributed by atoms with van der Waals surface area (Å²) >= 11 is 0. The van der Waals surface area contributed by atoms with Gasteiger partial charge in [-0.3, -0.25) is 4.79 Å². The fourth-order valence-electron chi connectivity index (χ4n) is 5.89. The Morgan fingerprint density at radius 1 is 0.725 bits per heavy atom. The first-order valence-electron chi connectivity index (χ1n) is 20.5. The number of rotatable bonds is 23. The molecule has 0 unspecified atom stereocenters. The van der Waals surface area contributed by atoms with Crippen molar-refractivity contribution < 1.29 is 27.9 Å². The Balaban J connectivity index is 6.04. The van der Waals surface area contributed by atoms with Crippen LogP contribution in [0.4, 0.5) is 0 Å². The van der Waals surface area contributed by atoms with Crippen molar-refractivity contribution in [2.24, 2.45) is 23.2 Å². The number of aliphatic hydroxyl groups excluding tert-OH is 1. The van der Waals surface area contributed by atoms with E-state index in [1.807, 2.05) is 20.8 Å². The molecule has 0 heterocycles. The molecule has 0 aliphatic carbocycles. The van der Waals surface area contributed by atoms with Gasteiger partial charge >= 0.3 is 5.97 Å². The number of esters is 1. The van der Waals surface area contributed by atoms with Crippen molar-refractivity contribution in [2.75, 3.05) is 13.2 Å². The summed E-state index contributed by atoms with van der Waals surface area (Å²) in [5.41, 5.74) is 0.518. The van der Waals surface area contributed by atoms with Crippen LogP contribution in [0.1, 0.15) is 143 Å². The molecule has 0 aromatic rings. The molecule has 0 aliphatic heterocycles. The zero-order valence-corrected chi connectivity index (χ0v) is 40.6. The minimum Gasteiger partial charge on any atom is -0.465 e. The number of carbonyl (C=O) groups is 1. The van der Waals surface area contributed by atoms with Gasteiger partial charge in [0, 0.05) is 18.9 Å². The average molecular weight is 773 g/mol. The first-order valence-corrected chi connectivity index (χ1v) is 28.9. The van der Waals surface area contributed by atoms with E-state index in [2.05, 4.69) is 122 Å². The van der Waals surface area contributed by atoms with Gasteiger partial charge in [0.05, 0.1) is 30.3 Å². The lowest BCUT2D eigenvalue weighted by Gasteiger charge is -2.46. The van der Waals surface area contributed by atoms with Crippen LogP contribution < -0.4 is 0 Å². The minimum absolute atomic E-state index is 0.0381. The van der Waals surface area contributed by atoms with Crippen molar-refractivity contribution in [3.63, 3.8) is 0 Å². The lowest BCUT2D eigenvalue weighted by molar-refractivity contribution is -0.153. The Bertz CT molecular complexity index is 1020. The standard InChI is InChI=1S/C42H88O6Si3/c1-21-51(22-2,23-3)47-37(29-30-45-39(44)40(8,9)10)35(7)38(48-50(19,20)42(14,15)16)34(6)26-27-36(43)33(5)25-24-32(4)28-31-46-49(17,18)41(11,12)13/h25,32,34-38,43H,21-24,26-31H2,1-20H3/b33-25+/t32-,34-,35-,36-,37-,38-/m1/s1. The third-order valence-corrected chi connectivity index (χ3v) is 26.3. The fourth-order valence-corrected chi connectivity index (χ4v) is 11.4. The Morgan fingerprint density at radius 2 is 1.24 bits per heavy atom. The van der Waals surface area contributed by atoms with E-state index in [4.69, 9.17) is 18.0 Å². The Labute approximate surface area is 321 Å². The molecule has 0 aromatic heterocycles. The molecule has 51 heavy (non-hydrogen) atoms. The normalized spacial score (nSPS) is 17.9. The van der Waals surface area contributed by atoms with Crippen molar-refractivity contribution in [3.8, 4) is 0 Å². The van der Waals surface area contributed by atoms with Crippen molar-refractivity contribution >= 4 is 30.9 Å². The van der Waals surface area contributed by atoms with E-state index >= 15 is 0 Å². The van der Waals surface area contributed by atoms with E-state index in [9.17, 15) is 9.90 Å². The highest BCUT2D eigenvalue weighted by molar-refractivity contribution is 6.74. The van der Waals surface area contributed by atoms with Crippen molar-refractivity contribution in [1.82, 2.24) is 0 Å². The van der Waals surface area contributed by atoms with Crippen molar-refractivity contribution in [3.05, 3.63) is 11.6 Å². The van der Waals surface area contributed by atoms with Crippen molar-refractivity contribution in [2.45, 2.75) is 216 Å². The maximum atomic E-state index is 12.7. The predicted molar refractivity (Wildman–Crippen MR) is 228 cm³/mol. The molecule has 304 valence electrons. The predicted octanol–water partition coefficient (Wildman–Crippen LogP) is 12.5. The van der Waals surface area contributed by atoms with Crippen LogP contribution in [0.5, 0.6) is 0 Å². The average Bonchev–Trinajstić information content (AvgIpc) is 3.00. The van der Waals surface area contributed by atoms with Gasteiger partial charge in [-0.1, -0.05) is 89.2 Å². The number of carbonyl (C=O) groups excluding carboxylic acids is 1. The molecule has 9 heteroatoms. The molecule has 0 bridgehead atoms. The molecule has 0 saturated heterocycles. The van der Waals surface area contributed by atoms with Crippen LogP contribution >= 0.6 is 0 Å². The van der Waals surface area contributed by atoms with Gasteiger partial charge in [0.15, 0.2) is 25.0 Å². The highest BCUT2D eigenvalue weighted by Crippen LogP contribution is 2.41. The van der Waals surface area contributed by atoms with E-state index in [1.54, 1.807) is 0 Å². The van der Waals surface area contributed by atoms with Gasteiger partial charge in [-0.2, -0.15) is 0 Å². The van der Waals surface area contributed by atoms with Crippen LogP contribution in [0.25, 0.3) is 0 Å². The number of hydrogen-bond acceptors (Lipinski definition) is 6. The maximum Gasteiger partial charge on any atom is 0.311 e. The number of ether oxygens (including phenoxy) is 1. The lowest BCUT2D eigenvalue weighted by atomic mass is 9.85. The van der Waals surface area contributed by atoms with Gasteiger partial charge in [-0.15, -0.1) is 0 Å². The van der Waals surface area contributed by atoms with Gasteiger partial charge in [0.2, 0.25) is 0 Å². The Hall–Kier alpha value is -0.299. The van der Waals surface area contributed by atoms with Gasteiger partial charge < -0.3 is 23.1 Å². The van der Waals surface area contributed by atoms with Crippen molar-refractivity contribution in [1.29, 1.82) is 0 Å². The molecule has 0 aliphatic rings. The second-order valence-electron chi connectivity index (χ2n) is 20.0. The SMILES string of the molecule is CC[Si](CC)(CC)O[C@H](CCOC(=O)C(C)(C)C)[C@@H](C)[C@H](O[Si](C)(C)C(C)(C)C)[C@H](C)CC[C@@H](O)/C(C)=C/C[C@@H](C)CCO[Si](C)(C)C(C)(C)C. The van der Waals surface area contributed by atoms with E-state index < -0.39 is 36.5 Å². The number of hydrogen-bond donors (Lipinski definition) is 1. The summed E-state index contributed by atoms with van der Waals surface area (Å²) in [7, 11) is -5.85. The molecule has 0 saturated carbocycles. The number of aliphatic hydroxyl groups is 1. The van der Waals surface area contributed by atoms with Crippen LogP contribution in [0, 0.1) is 23.2 Å². The van der Waals surface area contributed by atoms with Crippen LogP contribution in [0.3, 0.4) is 0 Å². The van der Waals surface area contributed by atoms with Crippen LogP contribution in [-0.4, -0.2) is 67.6 Å². The first kappa shape index (κ1) is 50.7. The summed E-state index contributed by atoms with van der Waals surface area (Å²) in [6.45, 7) is 45.7. The molecule has 0 amide bonds. The highest BCUT2D eigenvalue weighted by atomic mass is 28.4. The summed E-state index contributed by atoms with van der Waals surface area (Å²) in [5.74, 6) is 0.644. The molecule has 6 atom stereocenters. The molecule has 0 spiro atoms. The fraction of sp³-hybridized carbons (Fsp3) is 0.929. The second kappa shape index (κ2) is 21.1. The molecule has 6 nitrogen and oxygen atoms in total. The molecular formula is C42H88O6Si3. The zero-order valence-electron chi connectivity index (χ0n) is 37.6. The summed E-state index contributed by atoms with van der Waals surface area (Å²) < 4.78 is 26.8. The largest absolute Gasteiger partial charge is 0.465 e. The number of allylic oxidation sites excluding steroid dienone is 1. The third kappa shape index (κ3) is 16.9. The zero-order chi connectivity index (χ0) is 40.2. The molecule has 0 aromatic carbocycles. The van der Waals surface area contributed by atoms with Crippen LogP contribution in [0.15, 0.2) is 11.6 Å². The van der Waals surface area contributed by atoms with Gasteiger partial charge in [0.25, 0.3) is 0 Å². The molecule has 0 radical (unpaired) electrons. The monoisotopic (exact) mass is 773 g/mol. The first-order chi connectivity index (χ1) is 23.0. The van der Waals surface area contributed by atoms with Crippen LogP contribution in [-0.2, 0) is 22.8 Å². The molecule has 1 N–H and O–H groups in total. The minimum atomic E-state index is -2.15. The highest BCUT2D eigenvalue weighted by Gasteiger charge is 2.44. The third-order valence-electron chi connectivity index (χ3n) is 12.6. The van der Waals surface area contributed by atoms with Crippen LogP contribution in [0.2, 0.25) is 54.4 Å². The molecule has 0 rings (SSSR count).